The molecule has 0 aliphatic carbocycles. The van der Waals surface area contributed by atoms with Crippen molar-refractivity contribution in [2.24, 2.45) is 4.99 Å². The molecule has 4 rings (SSSR count). The molecule has 172 valence electrons. The number of hydrogen-bond donors (Lipinski definition) is 2. The lowest BCUT2D eigenvalue weighted by molar-refractivity contribution is 0.129. The minimum Gasteiger partial charge on any atom is -0.357 e. The fourth-order valence-electron chi connectivity index (χ4n) is 3.84. The highest BCUT2D eigenvalue weighted by Crippen LogP contribution is 2.08. The average molecular weight is 548 g/mol. The lowest BCUT2D eigenvalue weighted by Gasteiger charge is -2.34. The summed E-state index contributed by atoms with van der Waals surface area (Å²) in [5.41, 5.74) is 2.24. The number of nitrogens with zero attached hydrogens (tertiary/aromatic N) is 6. The molecular weight excluding hydrogens is 515 g/mol. The van der Waals surface area contributed by atoms with Gasteiger partial charge < -0.3 is 10.6 Å². The fraction of sp³-hybridized carbons (Fsp3) is 0.435. The summed E-state index contributed by atoms with van der Waals surface area (Å²) in [6.07, 6.45) is 1.97. The minimum absolute atomic E-state index is 0. The first kappa shape index (κ1) is 24.4. The molecular formula is C23H33IN8. The van der Waals surface area contributed by atoms with Crippen LogP contribution >= 0.6 is 24.0 Å². The van der Waals surface area contributed by atoms with Crippen molar-refractivity contribution in [3.63, 3.8) is 0 Å². The highest BCUT2D eigenvalue weighted by molar-refractivity contribution is 14.0. The van der Waals surface area contributed by atoms with Crippen LogP contribution in [0.5, 0.6) is 0 Å². The monoisotopic (exact) mass is 548 g/mol. The maximum absolute atomic E-state index is 4.69. The standard InChI is InChI=1S/C23H32N8.HI/c1-2-24-23(26-18-22-28-27-21-10-6-7-12-31(21)22)25-11-13-29-14-16-30(17-15-29)19-20-8-4-3-5-9-20;/h3-10,12H,2,11,13-19H2,1H3,(H2,24,25,26);1H. The zero-order valence-electron chi connectivity index (χ0n) is 18.7. The largest absolute Gasteiger partial charge is 0.357 e. The Labute approximate surface area is 207 Å². The zero-order valence-corrected chi connectivity index (χ0v) is 21.0. The quantitative estimate of drug-likeness (QED) is 0.256. The third-order valence-electron chi connectivity index (χ3n) is 5.54. The van der Waals surface area contributed by atoms with Gasteiger partial charge in [-0.05, 0) is 24.6 Å². The van der Waals surface area contributed by atoms with E-state index in [2.05, 4.69) is 67.9 Å². The van der Waals surface area contributed by atoms with Crippen molar-refractivity contribution in [3.05, 3.63) is 66.1 Å². The van der Waals surface area contributed by atoms with Crippen LogP contribution in [0, 0.1) is 0 Å². The van der Waals surface area contributed by atoms with E-state index in [-0.39, 0.29) is 24.0 Å². The zero-order chi connectivity index (χ0) is 21.3. The van der Waals surface area contributed by atoms with Gasteiger partial charge in [-0.15, -0.1) is 34.2 Å². The molecule has 0 amide bonds. The number of piperazine rings is 1. The van der Waals surface area contributed by atoms with Crippen LogP contribution in [-0.2, 0) is 13.1 Å². The summed E-state index contributed by atoms with van der Waals surface area (Å²) >= 11 is 0. The number of hydrogen-bond acceptors (Lipinski definition) is 5. The van der Waals surface area contributed by atoms with Crippen molar-refractivity contribution in [2.45, 2.75) is 20.0 Å². The van der Waals surface area contributed by atoms with Crippen molar-refractivity contribution in [1.29, 1.82) is 0 Å². The summed E-state index contributed by atoms with van der Waals surface area (Å²) in [5, 5.41) is 15.2. The molecule has 1 aromatic carbocycles. The molecule has 3 aromatic rings. The van der Waals surface area contributed by atoms with Gasteiger partial charge >= 0.3 is 0 Å². The number of halogens is 1. The van der Waals surface area contributed by atoms with Gasteiger partial charge in [-0.3, -0.25) is 14.2 Å². The first-order chi connectivity index (χ1) is 15.3. The lowest BCUT2D eigenvalue weighted by Crippen LogP contribution is -2.49. The molecule has 9 heteroatoms. The van der Waals surface area contributed by atoms with Crippen molar-refractivity contribution >= 4 is 35.6 Å². The summed E-state index contributed by atoms with van der Waals surface area (Å²) in [4.78, 5) is 9.75. The molecule has 0 bridgehead atoms. The van der Waals surface area contributed by atoms with Gasteiger partial charge in [0.15, 0.2) is 17.4 Å². The molecule has 0 unspecified atom stereocenters. The van der Waals surface area contributed by atoms with Crippen LogP contribution in [0.25, 0.3) is 5.65 Å². The summed E-state index contributed by atoms with van der Waals surface area (Å²) in [6, 6.07) is 16.6. The number of benzene rings is 1. The molecule has 2 N–H and O–H groups in total. The highest BCUT2D eigenvalue weighted by atomic mass is 127. The van der Waals surface area contributed by atoms with Crippen molar-refractivity contribution in [1.82, 2.24) is 35.0 Å². The first-order valence-electron chi connectivity index (χ1n) is 11.1. The van der Waals surface area contributed by atoms with E-state index in [4.69, 9.17) is 4.99 Å². The molecule has 2 aromatic heterocycles. The fourth-order valence-corrected chi connectivity index (χ4v) is 3.84. The van der Waals surface area contributed by atoms with Crippen LogP contribution in [0.2, 0.25) is 0 Å². The van der Waals surface area contributed by atoms with Gasteiger partial charge in [-0.1, -0.05) is 36.4 Å². The van der Waals surface area contributed by atoms with Crippen LogP contribution in [0.15, 0.2) is 59.7 Å². The third kappa shape index (κ3) is 6.88. The number of rotatable bonds is 8. The molecule has 0 atom stereocenters. The van der Waals surface area contributed by atoms with E-state index < -0.39 is 0 Å². The maximum atomic E-state index is 4.69. The predicted octanol–water partition coefficient (Wildman–Crippen LogP) is 2.22. The van der Waals surface area contributed by atoms with E-state index >= 15 is 0 Å². The Hall–Kier alpha value is -2.24. The van der Waals surface area contributed by atoms with Gasteiger partial charge in [0.1, 0.15) is 6.54 Å². The van der Waals surface area contributed by atoms with Crippen LogP contribution in [-0.4, -0.2) is 76.2 Å². The van der Waals surface area contributed by atoms with E-state index in [0.29, 0.717) is 6.54 Å². The Morgan fingerprint density at radius 3 is 2.47 bits per heavy atom. The molecule has 1 saturated heterocycles. The van der Waals surface area contributed by atoms with Crippen molar-refractivity contribution in [3.8, 4) is 0 Å². The Bertz CT molecular complexity index is 966. The van der Waals surface area contributed by atoms with E-state index in [0.717, 1.165) is 69.8 Å². The van der Waals surface area contributed by atoms with Gasteiger partial charge in [0.05, 0.1) is 0 Å². The molecule has 8 nitrogen and oxygen atoms in total. The van der Waals surface area contributed by atoms with E-state index in [1.807, 2.05) is 28.8 Å². The Kier molecular flexibility index (Phi) is 9.69. The van der Waals surface area contributed by atoms with Crippen LogP contribution in [0.4, 0.5) is 0 Å². The van der Waals surface area contributed by atoms with Crippen molar-refractivity contribution < 1.29 is 0 Å². The Morgan fingerprint density at radius 2 is 1.69 bits per heavy atom. The number of aromatic nitrogens is 3. The van der Waals surface area contributed by atoms with E-state index in [9.17, 15) is 0 Å². The number of fused-ring (bicyclic) bond motifs is 1. The minimum atomic E-state index is 0. The van der Waals surface area contributed by atoms with Gasteiger partial charge in [0, 0.05) is 58.6 Å². The highest BCUT2D eigenvalue weighted by Gasteiger charge is 2.16. The van der Waals surface area contributed by atoms with Gasteiger partial charge in [0.25, 0.3) is 0 Å². The molecule has 3 heterocycles. The molecule has 1 aliphatic rings. The number of pyridine rings is 1. The summed E-state index contributed by atoms with van der Waals surface area (Å²) in [6.45, 7) is 10.7. The number of guanidine groups is 1. The van der Waals surface area contributed by atoms with E-state index in [1.54, 1.807) is 0 Å². The van der Waals surface area contributed by atoms with Crippen molar-refractivity contribution in [2.75, 3.05) is 45.8 Å². The van der Waals surface area contributed by atoms with E-state index in [1.165, 1.54) is 5.56 Å². The summed E-state index contributed by atoms with van der Waals surface area (Å²) < 4.78 is 1.97. The first-order valence-corrected chi connectivity index (χ1v) is 11.1. The molecule has 1 fully saturated rings. The second-order valence-electron chi connectivity index (χ2n) is 7.77. The predicted molar refractivity (Wildman–Crippen MR) is 139 cm³/mol. The second-order valence-corrected chi connectivity index (χ2v) is 7.77. The molecule has 0 spiro atoms. The van der Waals surface area contributed by atoms with Crippen LogP contribution < -0.4 is 10.6 Å². The maximum Gasteiger partial charge on any atom is 0.191 e. The van der Waals surface area contributed by atoms with Crippen LogP contribution in [0.1, 0.15) is 18.3 Å². The summed E-state index contributed by atoms with van der Waals surface area (Å²) in [7, 11) is 0. The third-order valence-corrected chi connectivity index (χ3v) is 5.54. The topological polar surface area (TPSA) is 73.1 Å². The molecule has 32 heavy (non-hydrogen) atoms. The molecule has 0 radical (unpaired) electrons. The molecule has 1 aliphatic heterocycles. The van der Waals surface area contributed by atoms with Gasteiger partial charge in [-0.2, -0.15) is 0 Å². The normalized spacial score (nSPS) is 15.5. The number of aliphatic imine (C=N–C) groups is 1. The van der Waals surface area contributed by atoms with Crippen LogP contribution in [0.3, 0.4) is 0 Å². The Balaban J connectivity index is 0.00000289. The summed E-state index contributed by atoms with van der Waals surface area (Å²) in [5.74, 6) is 1.65. The average Bonchev–Trinajstić information content (AvgIpc) is 3.22. The SMILES string of the molecule is CCNC(=NCc1nnc2ccccn12)NCCN1CCN(Cc2ccccc2)CC1.I. The Morgan fingerprint density at radius 1 is 0.938 bits per heavy atom. The van der Waals surface area contributed by atoms with Gasteiger partial charge in [0.2, 0.25) is 0 Å². The molecule has 0 saturated carbocycles. The smallest absolute Gasteiger partial charge is 0.191 e. The number of nitrogens with one attached hydrogen (secondary N) is 2. The lowest BCUT2D eigenvalue weighted by atomic mass is 10.2. The van der Waals surface area contributed by atoms with Gasteiger partial charge in [-0.25, -0.2) is 4.99 Å². The second kappa shape index (κ2) is 12.7.